The molecule has 0 atom stereocenters. The molecular weight excluding hydrogens is 338 g/mol. The van der Waals surface area contributed by atoms with Crippen molar-refractivity contribution in [1.82, 2.24) is 25.4 Å². The second kappa shape index (κ2) is 7.53. The van der Waals surface area contributed by atoms with Crippen molar-refractivity contribution < 1.29 is 18.7 Å². The summed E-state index contributed by atoms with van der Waals surface area (Å²) in [5.74, 6) is 2.11. The molecule has 2 saturated heterocycles. The van der Waals surface area contributed by atoms with Crippen LogP contribution in [0.5, 0.6) is 0 Å². The molecule has 1 amide bonds. The van der Waals surface area contributed by atoms with Crippen molar-refractivity contribution in [1.29, 1.82) is 0 Å². The van der Waals surface area contributed by atoms with Gasteiger partial charge in [-0.1, -0.05) is 15.5 Å². The molecule has 2 aromatic heterocycles. The highest BCUT2D eigenvalue weighted by Gasteiger charge is 2.29. The lowest BCUT2D eigenvalue weighted by Gasteiger charge is -2.30. The summed E-state index contributed by atoms with van der Waals surface area (Å²) >= 11 is 0. The minimum absolute atomic E-state index is 0.0515. The van der Waals surface area contributed by atoms with Gasteiger partial charge in [-0.2, -0.15) is 4.98 Å². The van der Waals surface area contributed by atoms with Crippen LogP contribution in [0.15, 0.2) is 9.15 Å². The van der Waals surface area contributed by atoms with E-state index in [4.69, 9.17) is 9.26 Å². The molecule has 0 saturated carbocycles. The molecule has 9 nitrogen and oxygen atoms in total. The number of amides is 1. The van der Waals surface area contributed by atoms with E-state index in [0.29, 0.717) is 36.3 Å². The molecule has 26 heavy (non-hydrogen) atoms. The number of piperidine rings is 1. The average Bonchev–Trinajstić information content (AvgIpc) is 3.32. The third kappa shape index (κ3) is 3.62. The monoisotopic (exact) mass is 361 g/mol. The number of hydrogen-bond donors (Lipinski definition) is 0. The summed E-state index contributed by atoms with van der Waals surface area (Å²) in [6.07, 6.45) is 3.79. The fourth-order valence-corrected chi connectivity index (χ4v) is 3.58. The standard InChI is InChI=1S/C17H23N5O4/c1-11-14(20-26-19-11)10-15(23)22-6-2-13(3-7-22)17-18-16(21-25-17)12-4-8-24-9-5-12/h12-13H,2-10H2,1H3. The summed E-state index contributed by atoms with van der Waals surface area (Å²) in [6, 6.07) is 0. The number of carbonyl (C=O) groups is 1. The zero-order valence-electron chi connectivity index (χ0n) is 14.9. The molecule has 2 aromatic rings. The fraction of sp³-hybridized carbons (Fsp3) is 0.706. The predicted molar refractivity (Wildman–Crippen MR) is 88.4 cm³/mol. The van der Waals surface area contributed by atoms with Crippen molar-refractivity contribution in [3.63, 3.8) is 0 Å². The van der Waals surface area contributed by atoms with Gasteiger partial charge >= 0.3 is 0 Å². The second-order valence-electron chi connectivity index (χ2n) is 7.01. The van der Waals surface area contributed by atoms with E-state index in [0.717, 1.165) is 44.7 Å². The second-order valence-corrected chi connectivity index (χ2v) is 7.01. The molecule has 2 aliphatic rings. The highest BCUT2D eigenvalue weighted by atomic mass is 16.6. The molecule has 9 heteroatoms. The summed E-state index contributed by atoms with van der Waals surface area (Å²) in [5, 5.41) is 11.7. The molecule has 0 aromatic carbocycles. The summed E-state index contributed by atoms with van der Waals surface area (Å²) in [4.78, 5) is 18.9. The van der Waals surface area contributed by atoms with Gasteiger partial charge < -0.3 is 14.2 Å². The Hall–Kier alpha value is -2.29. The number of rotatable bonds is 4. The predicted octanol–water partition coefficient (Wildman–Crippen LogP) is 1.60. The smallest absolute Gasteiger partial charge is 0.229 e. The molecule has 2 aliphatic heterocycles. The first kappa shape index (κ1) is 17.1. The van der Waals surface area contributed by atoms with E-state index in [9.17, 15) is 4.79 Å². The Kier molecular flexibility index (Phi) is 4.96. The Morgan fingerprint density at radius 3 is 2.54 bits per heavy atom. The van der Waals surface area contributed by atoms with Crippen LogP contribution in [-0.4, -0.2) is 57.6 Å². The van der Waals surface area contributed by atoms with Gasteiger partial charge in [0.15, 0.2) is 5.82 Å². The maximum absolute atomic E-state index is 12.4. The summed E-state index contributed by atoms with van der Waals surface area (Å²) in [5.41, 5.74) is 1.27. The molecule has 0 spiro atoms. The topological polar surface area (TPSA) is 107 Å². The van der Waals surface area contributed by atoms with E-state index in [1.54, 1.807) is 6.92 Å². The molecule has 0 N–H and O–H groups in total. The van der Waals surface area contributed by atoms with Gasteiger partial charge in [-0.25, -0.2) is 4.63 Å². The average molecular weight is 361 g/mol. The van der Waals surface area contributed by atoms with Gasteiger partial charge in [0, 0.05) is 38.1 Å². The van der Waals surface area contributed by atoms with Crippen molar-refractivity contribution in [2.24, 2.45) is 0 Å². The molecule has 0 bridgehead atoms. The Labute approximate surface area is 151 Å². The Balaban J connectivity index is 1.31. The Morgan fingerprint density at radius 2 is 1.85 bits per heavy atom. The first-order valence-electron chi connectivity index (χ1n) is 9.17. The lowest BCUT2D eigenvalue weighted by Crippen LogP contribution is -2.39. The Morgan fingerprint density at radius 1 is 1.08 bits per heavy atom. The van der Waals surface area contributed by atoms with Crippen LogP contribution in [0.3, 0.4) is 0 Å². The molecule has 4 heterocycles. The van der Waals surface area contributed by atoms with E-state index in [1.807, 2.05) is 4.90 Å². The van der Waals surface area contributed by atoms with Gasteiger partial charge in [0.1, 0.15) is 11.4 Å². The van der Waals surface area contributed by atoms with Crippen LogP contribution >= 0.6 is 0 Å². The molecule has 140 valence electrons. The number of aryl methyl sites for hydroxylation is 1. The molecule has 2 fully saturated rings. The van der Waals surface area contributed by atoms with Crippen LogP contribution in [0.1, 0.15) is 60.6 Å². The number of ether oxygens (including phenoxy) is 1. The SMILES string of the molecule is Cc1nonc1CC(=O)N1CCC(c2nc(C3CCOCC3)no2)CC1. The fourth-order valence-electron chi connectivity index (χ4n) is 3.58. The van der Waals surface area contributed by atoms with Crippen LogP contribution in [0.25, 0.3) is 0 Å². The van der Waals surface area contributed by atoms with Crippen molar-refractivity contribution >= 4 is 5.91 Å². The van der Waals surface area contributed by atoms with Crippen LogP contribution in [0, 0.1) is 6.92 Å². The minimum Gasteiger partial charge on any atom is -0.381 e. The largest absolute Gasteiger partial charge is 0.381 e. The number of likely N-dealkylation sites (tertiary alicyclic amines) is 1. The van der Waals surface area contributed by atoms with Gasteiger partial charge in [-0.15, -0.1) is 0 Å². The third-order valence-electron chi connectivity index (χ3n) is 5.31. The normalized spacial score (nSPS) is 19.8. The van der Waals surface area contributed by atoms with Gasteiger partial charge in [0.25, 0.3) is 0 Å². The van der Waals surface area contributed by atoms with E-state index in [1.165, 1.54) is 0 Å². The first-order chi connectivity index (χ1) is 12.7. The Bertz CT molecular complexity index is 744. The molecule has 4 rings (SSSR count). The van der Waals surface area contributed by atoms with Gasteiger partial charge in [-0.3, -0.25) is 4.79 Å². The van der Waals surface area contributed by atoms with Crippen LogP contribution in [-0.2, 0) is 16.0 Å². The number of carbonyl (C=O) groups excluding carboxylic acids is 1. The third-order valence-corrected chi connectivity index (χ3v) is 5.31. The van der Waals surface area contributed by atoms with Crippen LogP contribution < -0.4 is 0 Å². The van der Waals surface area contributed by atoms with Crippen molar-refractivity contribution in [2.45, 2.75) is 50.9 Å². The molecule has 0 radical (unpaired) electrons. The summed E-state index contributed by atoms with van der Waals surface area (Å²) in [6.45, 7) is 4.67. The van der Waals surface area contributed by atoms with E-state index < -0.39 is 0 Å². The lowest BCUT2D eigenvalue weighted by atomic mass is 9.96. The zero-order chi connectivity index (χ0) is 17.9. The van der Waals surface area contributed by atoms with Crippen LogP contribution in [0.4, 0.5) is 0 Å². The molecular formula is C17H23N5O4. The first-order valence-corrected chi connectivity index (χ1v) is 9.17. The summed E-state index contributed by atoms with van der Waals surface area (Å²) < 4.78 is 15.6. The molecule has 0 aliphatic carbocycles. The van der Waals surface area contributed by atoms with Crippen molar-refractivity contribution in [3.8, 4) is 0 Å². The van der Waals surface area contributed by atoms with Crippen molar-refractivity contribution in [2.75, 3.05) is 26.3 Å². The van der Waals surface area contributed by atoms with E-state index in [2.05, 4.69) is 25.1 Å². The highest BCUT2D eigenvalue weighted by Crippen LogP contribution is 2.30. The maximum Gasteiger partial charge on any atom is 0.229 e. The zero-order valence-corrected chi connectivity index (χ0v) is 14.9. The van der Waals surface area contributed by atoms with Gasteiger partial charge in [0.2, 0.25) is 11.8 Å². The quantitative estimate of drug-likeness (QED) is 0.808. The highest BCUT2D eigenvalue weighted by molar-refractivity contribution is 5.78. The minimum atomic E-state index is 0.0515. The van der Waals surface area contributed by atoms with Gasteiger partial charge in [0.05, 0.1) is 6.42 Å². The van der Waals surface area contributed by atoms with E-state index in [-0.39, 0.29) is 18.2 Å². The maximum atomic E-state index is 12.4. The lowest BCUT2D eigenvalue weighted by molar-refractivity contribution is -0.131. The number of nitrogens with zero attached hydrogens (tertiary/aromatic N) is 5. The van der Waals surface area contributed by atoms with Gasteiger partial charge in [-0.05, 0) is 32.6 Å². The van der Waals surface area contributed by atoms with Crippen molar-refractivity contribution in [3.05, 3.63) is 23.1 Å². The summed E-state index contributed by atoms with van der Waals surface area (Å²) in [7, 11) is 0. The number of hydrogen-bond acceptors (Lipinski definition) is 8. The van der Waals surface area contributed by atoms with Crippen LogP contribution in [0.2, 0.25) is 0 Å². The van der Waals surface area contributed by atoms with E-state index >= 15 is 0 Å². The molecule has 0 unspecified atom stereocenters. The number of aromatic nitrogens is 4.